The van der Waals surface area contributed by atoms with Crippen molar-refractivity contribution in [1.29, 1.82) is 0 Å². The van der Waals surface area contributed by atoms with E-state index in [0.717, 1.165) is 0 Å². The fraction of sp³-hybridized carbons (Fsp3) is 0.316. The van der Waals surface area contributed by atoms with E-state index in [0.29, 0.717) is 35.5 Å². The summed E-state index contributed by atoms with van der Waals surface area (Å²) in [4.78, 5) is 49.3. The largest absolute Gasteiger partial charge is 0.454 e. The summed E-state index contributed by atoms with van der Waals surface area (Å²) in [6.07, 6.45) is 1.17. The first-order valence-corrected chi connectivity index (χ1v) is 9.81. The number of nitrogens with one attached hydrogen (secondary N) is 1. The van der Waals surface area contributed by atoms with Gasteiger partial charge in [-0.3, -0.25) is 19.7 Å². The molecule has 1 aromatic carbocycles. The van der Waals surface area contributed by atoms with Crippen LogP contribution in [-0.2, 0) is 14.3 Å². The molecule has 2 heterocycles. The summed E-state index contributed by atoms with van der Waals surface area (Å²) in [5.41, 5.74) is 0.832. The van der Waals surface area contributed by atoms with Crippen LogP contribution in [0, 0.1) is 17.0 Å². The maximum Gasteiger partial charge on any atom is 0.329 e. The van der Waals surface area contributed by atoms with Crippen LogP contribution in [0.15, 0.2) is 35.7 Å². The highest BCUT2D eigenvalue weighted by molar-refractivity contribution is 7.12. The maximum atomic E-state index is 12.5. The average molecular weight is 417 g/mol. The summed E-state index contributed by atoms with van der Waals surface area (Å²) in [5, 5.41) is 15.1. The Morgan fingerprint density at radius 1 is 1.34 bits per heavy atom. The molecule has 0 radical (unpaired) electrons. The Bertz CT molecular complexity index is 943. The topological polar surface area (TPSA) is 119 Å². The molecule has 0 saturated carbocycles. The fourth-order valence-electron chi connectivity index (χ4n) is 3.12. The second-order valence-corrected chi connectivity index (χ2v) is 7.49. The van der Waals surface area contributed by atoms with Crippen LogP contribution in [-0.4, -0.2) is 46.8 Å². The van der Waals surface area contributed by atoms with Crippen molar-refractivity contribution >= 4 is 40.5 Å². The molecular formula is C19H19N3O6S. The van der Waals surface area contributed by atoms with Gasteiger partial charge in [0, 0.05) is 24.4 Å². The number of non-ortho nitro benzene ring substituents is 1. The fourth-order valence-corrected chi connectivity index (χ4v) is 3.80. The molecule has 1 N–H and O–H groups in total. The molecule has 9 nitrogen and oxygen atoms in total. The van der Waals surface area contributed by atoms with Gasteiger partial charge in [0.05, 0.1) is 9.80 Å². The zero-order valence-electron chi connectivity index (χ0n) is 15.6. The zero-order chi connectivity index (χ0) is 21.0. The Labute approximate surface area is 170 Å². The van der Waals surface area contributed by atoms with E-state index in [4.69, 9.17) is 4.74 Å². The molecule has 1 aliphatic heterocycles. The molecule has 3 rings (SSSR count). The van der Waals surface area contributed by atoms with Gasteiger partial charge in [0.2, 0.25) is 0 Å². The smallest absolute Gasteiger partial charge is 0.329 e. The Morgan fingerprint density at radius 2 is 2.14 bits per heavy atom. The second kappa shape index (κ2) is 8.82. The first kappa shape index (κ1) is 20.5. The van der Waals surface area contributed by atoms with E-state index < -0.39 is 29.4 Å². The predicted octanol–water partition coefficient (Wildman–Crippen LogP) is 2.75. The minimum atomic E-state index is -0.710. The number of hydrogen-bond acceptors (Lipinski definition) is 7. The molecule has 1 atom stereocenters. The predicted molar refractivity (Wildman–Crippen MR) is 106 cm³/mol. The SMILES string of the molecule is Cc1cc([N+](=O)[O-])ccc1NC(=O)COC(=O)[C@@H]1CCCN1C(=O)c1cccs1. The molecule has 1 fully saturated rings. The van der Waals surface area contributed by atoms with Crippen molar-refractivity contribution in [2.45, 2.75) is 25.8 Å². The second-order valence-electron chi connectivity index (χ2n) is 6.55. The van der Waals surface area contributed by atoms with Crippen LogP contribution in [0.2, 0.25) is 0 Å². The normalized spacial score (nSPS) is 15.8. The number of nitro groups is 1. The van der Waals surface area contributed by atoms with E-state index in [2.05, 4.69) is 5.32 Å². The van der Waals surface area contributed by atoms with Gasteiger partial charge in [-0.1, -0.05) is 6.07 Å². The van der Waals surface area contributed by atoms with Crippen molar-refractivity contribution in [3.63, 3.8) is 0 Å². The van der Waals surface area contributed by atoms with E-state index in [1.807, 2.05) is 0 Å². The van der Waals surface area contributed by atoms with Gasteiger partial charge in [0.15, 0.2) is 6.61 Å². The summed E-state index contributed by atoms with van der Waals surface area (Å²) in [6.45, 7) is 1.58. The molecule has 152 valence electrons. The van der Waals surface area contributed by atoms with Crippen molar-refractivity contribution in [2.24, 2.45) is 0 Å². The molecule has 1 saturated heterocycles. The number of nitro benzene ring substituents is 1. The van der Waals surface area contributed by atoms with Crippen LogP contribution in [0.3, 0.4) is 0 Å². The van der Waals surface area contributed by atoms with Crippen LogP contribution in [0.25, 0.3) is 0 Å². The number of carbonyl (C=O) groups is 3. The number of carbonyl (C=O) groups excluding carboxylic acids is 3. The van der Waals surface area contributed by atoms with Crippen molar-refractivity contribution in [3.8, 4) is 0 Å². The number of benzene rings is 1. The molecule has 0 bridgehead atoms. The van der Waals surface area contributed by atoms with Gasteiger partial charge >= 0.3 is 5.97 Å². The molecule has 0 spiro atoms. The molecule has 0 unspecified atom stereocenters. The highest BCUT2D eigenvalue weighted by Crippen LogP contribution is 2.23. The van der Waals surface area contributed by atoms with E-state index in [-0.39, 0.29) is 11.6 Å². The number of rotatable bonds is 6. The van der Waals surface area contributed by atoms with Crippen molar-refractivity contribution < 1.29 is 24.0 Å². The molecule has 2 amide bonds. The van der Waals surface area contributed by atoms with Gasteiger partial charge in [-0.05, 0) is 42.8 Å². The van der Waals surface area contributed by atoms with Crippen molar-refractivity contribution in [1.82, 2.24) is 4.90 Å². The molecule has 0 aliphatic carbocycles. The molecule has 2 aromatic rings. The van der Waals surface area contributed by atoms with Crippen LogP contribution in [0.1, 0.15) is 28.1 Å². The summed E-state index contributed by atoms with van der Waals surface area (Å²) in [6, 6.07) is 6.80. The third-order valence-electron chi connectivity index (χ3n) is 4.56. The Hall–Kier alpha value is -3.27. The number of nitrogens with zero attached hydrogens (tertiary/aromatic N) is 2. The van der Waals surface area contributed by atoms with Crippen LogP contribution in [0.4, 0.5) is 11.4 Å². The lowest BCUT2D eigenvalue weighted by atomic mass is 10.2. The third kappa shape index (κ3) is 4.77. The standard InChI is InChI=1S/C19H19N3O6S/c1-12-10-13(22(26)27)6-7-14(12)20-17(23)11-28-19(25)15-4-2-8-21(15)18(24)16-5-3-9-29-16/h3,5-7,9-10,15H,2,4,8,11H2,1H3,(H,20,23)/t15-/m0/s1. The number of likely N-dealkylation sites (tertiary alicyclic amines) is 1. The Balaban J connectivity index is 1.55. The lowest BCUT2D eigenvalue weighted by Crippen LogP contribution is -2.41. The molecule has 1 aliphatic rings. The number of anilines is 1. The summed E-state index contributed by atoms with van der Waals surface area (Å²) in [5.74, 6) is -1.40. The highest BCUT2D eigenvalue weighted by atomic mass is 32.1. The van der Waals surface area contributed by atoms with Gasteiger partial charge < -0.3 is 15.0 Å². The van der Waals surface area contributed by atoms with E-state index in [1.165, 1.54) is 34.4 Å². The van der Waals surface area contributed by atoms with Crippen LogP contribution >= 0.6 is 11.3 Å². The van der Waals surface area contributed by atoms with Gasteiger partial charge in [0.1, 0.15) is 6.04 Å². The van der Waals surface area contributed by atoms with Gasteiger partial charge in [-0.15, -0.1) is 11.3 Å². The summed E-state index contributed by atoms with van der Waals surface area (Å²) in [7, 11) is 0. The van der Waals surface area contributed by atoms with Crippen LogP contribution < -0.4 is 5.32 Å². The summed E-state index contributed by atoms with van der Waals surface area (Å²) < 4.78 is 5.11. The molecule has 29 heavy (non-hydrogen) atoms. The number of hydrogen-bond donors (Lipinski definition) is 1. The van der Waals surface area contributed by atoms with E-state index >= 15 is 0 Å². The van der Waals surface area contributed by atoms with Crippen molar-refractivity contribution in [2.75, 3.05) is 18.5 Å². The molecule has 10 heteroatoms. The van der Waals surface area contributed by atoms with Gasteiger partial charge in [0.25, 0.3) is 17.5 Å². The zero-order valence-corrected chi connectivity index (χ0v) is 16.4. The lowest BCUT2D eigenvalue weighted by Gasteiger charge is -2.22. The number of thiophene rings is 1. The lowest BCUT2D eigenvalue weighted by molar-refractivity contribution is -0.384. The van der Waals surface area contributed by atoms with Crippen molar-refractivity contribution in [3.05, 3.63) is 56.3 Å². The van der Waals surface area contributed by atoms with Gasteiger partial charge in [-0.25, -0.2) is 4.79 Å². The summed E-state index contributed by atoms with van der Waals surface area (Å²) >= 11 is 1.31. The molecular weight excluding hydrogens is 398 g/mol. The first-order valence-electron chi connectivity index (χ1n) is 8.93. The first-order chi connectivity index (χ1) is 13.9. The minimum absolute atomic E-state index is 0.0799. The Kier molecular flexibility index (Phi) is 6.23. The third-order valence-corrected chi connectivity index (χ3v) is 5.42. The number of esters is 1. The quantitative estimate of drug-likeness (QED) is 0.439. The number of aryl methyl sites for hydroxylation is 1. The monoisotopic (exact) mass is 417 g/mol. The van der Waals surface area contributed by atoms with Gasteiger partial charge in [-0.2, -0.15) is 0 Å². The van der Waals surface area contributed by atoms with E-state index in [1.54, 1.807) is 24.4 Å². The average Bonchev–Trinajstić information content (AvgIpc) is 3.39. The number of amides is 2. The molecule has 1 aromatic heterocycles. The highest BCUT2D eigenvalue weighted by Gasteiger charge is 2.36. The van der Waals surface area contributed by atoms with E-state index in [9.17, 15) is 24.5 Å². The number of ether oxygens (including phenoxy) is 1. The minimum Gasteiger partial charge on any atom is -0.454 e. The maximum absolute atomic E-state index is 12.5. The van der Waals surface area contributed by atoms with Crippen LogP contribution in [0.5, 0.6) is 0 Å². The Morgan fingerprint density at radius 3 is 2.79 bits per heavy atom.